The number of fused-ring (bicyclic) bond motifs is 1. The highest BCUT2D eigenvalue weighted by Crippen LogP contribution is 2.17. The first-order valence-corrected chi connectivity index (χ1v) is 4.81. The van der Waals surface area contributed by atoms with Crippen LogP contribution in [0.5, 0.6) is 0 Å². The standard InChI is InChI=1S/C11H15NO/c13-6-5-11-7-9-3-1-2-4-10(9)8-12-11/h1-4,11-13H,5-8H2/t11-/m1/s1. The maximum atomic E-state index is 8.83. The quantitative estimate of drug-likeness (QED) is 0.708. The van der Waals surface area contributed by atoms with Crippen molar-refractivity contribution in [3.05, 3.63) is 35.4 Å². The second kappa shape index (κ2) is 3.90. The third-order valence-corrected chi connectivity index (χ3v) is 2.64. The largest absolute Gasteiger partial charge is 0.396 e. The van der Waals surface area contributed by atoms with Gasteiger partial charge in [-0.25, -0.2) is 0 Å². The van der Waals surface area contributed by atoms with E-state index in [4.69, 9.17) is 5.11 Å². The van der Waals surface area contributed by atoms with Gasteiger partial charge in [-0.1, -0.05) is 24.3 Å². The molecule has 0 bridgehead atoms. The lowest BCUT2D eigenvalue weighted by Crippen LogP contribution is -2.36. The van der Waals surface area contributed by atoms with Gasteiger partial charge in [-0.15, -0.1) is 0 Å². The molecule has 2 rings (SSSR count). The minimum Gasteiger partial charge on any atom is -0.396 e. The summed E-state index contributed by atoms with van der Waals surface area (Å²) in [6.07, 6.45) is 1.91. The lowest BCUT2D eigenvalue weighted by atomic mass is 9.94. The Labute approximate surface area is 78.6 Å². The normalized spacial score (nSPS) is 21.2. The monoisotopic (exact) mass is 177 g/mol. The number of hydrogen-bond donors (Lipinski definition) is 2. The Hall–Kier alpha value is -0.860. The van der Waals surface area contributed by atoms with E-state index in [0.29, 0.717) is 6.04 Å². The topological polar surface area (TPSA) is 32.3 Å². The Kier molecular flexibility index (Phi) is 2.62. The maximum absolute atomic E-state index is 8.83. The van der Waals surface area contributed by atoms with Crippen LogP contribution in [0.4, 0.5) is 0 Å². The molecule has 0 amide bonds. The second-order valence-electron chi connectivity index (χ2n) is 3.56. The van der Waals surface area contributed by atoms with Crippen molar-refractivity contribution in [1.29, 1.82) is 0 Å². The van der Waals surface area contributed by atoms with Crippen molar-refractivity contribution in [3.63, 3.8) is 0 Å². The third-order valence-electron chi connectivity index (χ3n) is 2.64. The summed E-state index contributed by atoms with van der Waals surface area (Å²) < 4.78 is 0. The molecular weight excluding hydrogens is 162 g/mol. The van der Waals surface area contributed by atoms with Gasteiger partial charge in [-0.05, 0) is 24.0 Å². The Bertz CT molecular complexity index is 285. The predicted molar refractivity (Wildman–Crippen MR) is 52.5 cm³/mol. The number of hydrogen-bond acceptors (Lipinski definition) is 2. The lowest BCUT2D eigenvalue weighted by Gasteiger charge is -2.25. The number of rotatable bonds is 2. The zero-order valence-electron chi connectivity index (χ0n) is 7.66. The van der Waals surface area contributed by atoms with E-state index in [1.54, 1.807) is 0 Å². The summed E-state index contributed by atoms with van der Waals surface area (Å²) in [5.74, 6) is 0. The van der Waals surface area contributed by atoms with E-state index in [2.05, 4.69) is 29.6 Å². The first kappa shape index (κ1) is 8.73. The molecule has 0 unspecified atom stereocenters. The average molecular weight is 177 g/mol. The van der Waals surface area contributed by atoms with Gasteiger partial charge in [0, 0.05) is 19.2 Å². The highest BCUT2D eigenvalue weighted by molar-refractivity contribution is 5.29. The summed E-state index contributed by atoms with van der Waals surface area (Å²) in [4.78, 5) is 0. The van der Waals surface area contributed by atoms with E-state index >= 15 is 0 Å². The van der Waals surface area contributed by atoms with Crippen LogP contribution < -0.4 is 5.32 Å². The number of nitrogens with one attached hydrogen (secondary N) is 1. The maximum Gasteiger partial charge on any atom is 0.0445 e. The van der Waals surface area contributed by atoms with Crippen molar-refractivity contribution < 1.29 is 5.11 Å². The van der Waals surface area contributed by atoms with Crippen LogP contribution in [0, 0.1) is 0 Å². The molecule has 1 aromatic rings. The molecule has 2 N–H and O–H groups in total. The Balaban J connectivity index is 2.11. The molecule has 0 fully saturated rings. The molecule has 1 atom stereocenters. The van der Waals surface area contributed by atoms with Crippen LogP contribution in [0.15, 0.2) is 24.3 Å². The van der Waals surface area contributed by atoms with Gasteiger partial charge < -0.3 is 10.4 Å². The van der Waals surface area contributed by atoms with Crippen molar-refractivity contribution in [2.45, 2.75) is 25.4 Å². The smallest absolute Gasteiger partial charge is 0.0445 e. The summed E-state index contributed by atoms with van der Waals surface area (Å²) in [6.45, 7) is 1.22. The van der Waals surface area contributed by atoms with Crippen LogP contribution in [-0.4, -0.2) is 17.8 Å². The molecule has 2 nitrogen and oxygen atoms in total. The molecule has 1 aliphatic heterocycles. The van der Waals surface area contributed by atoms with E-state index in [1.165, 1.54) is 11.1 Å². The fourth-order valence-electron chi connectivity index (χ4n) is 1.88. The predicted octanol–water partition coefficient (Wildman–Crippen LogP) is 1.08. The van der Waals surface area contributed by atoms with Crippen LogP contribution in [-0.2, 0) is 13.0 Å². The highest BCUT2D eigenvalue weighted by atomic mass is 16.3. The zero-order chi connectivity index (χ0) is 9.10. The van der Waals surface area contributed by atoms with Crippen molar-refractivity contribution in [2.75, 3.05) is 6.61 Å². The van der Waals surface area contributed by atoms with Crippen molar-refractivity contribution in [1.82, 2.24) is 5.32 Å². The first-order valence-electron chi connectivity index (χ1n) is 4.81. The molecular formula is C11H15NO. The summed E-state index contributed by atoms with van der Waals surface area (Å²) in [5, 5.41) is 12.2. The number of benzene rings is 1. The van der Waals surface area contributed by atoms with Crippen molar-refractivity contribution >= 4 is 0 Å². The average Bonchev–Trinajstić information content (AvgIpc) is 2.18. The Morgan fingerprint density at radius 3 is 2.85 bits per heavy atom. The fourth-order valence-corrected chi connectivity index (χ4v) is 1.88. The minimum absolute atomic E-state index is 0.278. The summed E-state index contributed by atoms with van der Waals surface area (Å²) in [5.41, 5.74) is 2.83. The van der Waals surface area contributed by atoms with Gasteiger partial charge in [0.1, 0.15) is 0 Å². The minimum atomic E-state index is 0.278. The van der Waals surface area contributed by atoms with Gasteiger partial charge in [0.25, 0.3) is 0 Å². The molecule has 0 spiro atoms. The molecule has 2 heteroatoms. The molecule has 13 heavy (non-hydrogen) atoms. The molecule has 0 saturated carbocycles. The lowest BCUT2D eigenvalue weighted by molar-refractivity contribution is 0.260. The number of aliphatic hydroxyl groups is 1. The van der Waals surface area contributed by atoms with E-state index in [0.717, 1.165) is 19.4 Å². The van der Waals surface area contributed by atoms with E-state index in [-0.39, 0.29) is 6.61 Å². The number of aliphatic hydroxyl groups excluding tert-OH is 1. The van der Waals surface area contributed by atoms with Gasteiger partial charge in [0.15, 0.2) is 0 Å². The third kappa shape index (κ3) is 1.90. The van der Waals surface area contributed by atoms with Crippen molar-refractivity contribution in [3.8, 4) is 0 Å². The molecule has 1 aromatic carbocycles. The van der Waals surface area contributed by atoms with Crippen molar-refractivity contribution in [2.24, 2.45) is 0 Å². The molecule has 0 aromatic heterocycles. The molecule has 1 aliphatic rings. The SMILES string of the molecule is OCC[C@@H]1Cc2ccccc2CN1. The molecule has 0 saturated heterocycles. The fraction of sp³-hybridized carbons (Fsp3) is 0.455. The van der Waals surface area contributed by atoms with Gasteiger partial charge in [0.2, 0.25) is 0 Å². The molecule has 1 heterocycles. The van der Waals surface area contributed by atoms with Gasteiger partial charge in [0.05, 0.1) is 0 Å². The van der Waals surface area contributed by atoms with Crippen LogP contribution in [0.2, 0.25) is 0 Å². The zero-order valence-corrected chi connectivity index (χ0v) is 7.66. The Morgan fingerprint density at radius 1 is 1.31 bits per heavy atom. The Morgan fingerprint density at radius 2 is 2.08 bits per heavy atom. The van der Waals surface area contributed by atoms with Crippen LogP contribution in [0.3, 0.4) is 0 Å². The van der Waals surface area contributed by atoms with Crippen LogP contribution in [0.25, 0.3) is 0 Å². The van der Waals surface area contributed by atoms with E-state index in [9.17, 15) is 0 Å². The summed E-state index contributed by atoms with van der Waals surface area (Å²) in [7, 11) is 0. The van der Waals surface area contributed by atoms with Crippen LogP contribution >= 0.6 is 0 Å². The van der Waals surface area contributed by atoms with E-state index < -0.39 is 0 Å². The van der Waals surface area contributed by atoms with Crippen LogP contribution in [0.1, 0.15) is 17.5 Å². The molecule has 70 valence electrons. The molecule has 0 radical (unpaired) electrons. The van der Waals surface area contributed by atoms with Gasteiger partial charge in [-0.2, -0.15) is 0 Å². The summed E-state index contributed by atoms with van der Waals surface area (Å²) >= 11 is 0. The highest BCUT2D eigenvalue weighted by Gasteiger charge is 2.16. The second-order valence-corrected chi connectivity index (χ2v) is 3.56. The first-order chi connectivity index (χ1) is 6.40. The van der Waals surface area contributed by atoms with Gasteiger partial charge in [-0.3, -0.25) is 0 Å². The molecule has 0 aliphatic carbocycles. The van der Waals surface area contributed by atoms with E-state index in [1.807, 2.05) is 0 Å². The van der Waals surface area contributed by atoms with Gasteiger partial charge >= 0.3 is 0 Å². The summed E-state index contributed by atoms with van der Waals surface area (Å²) in [6, 6.07) is 8.96.